The number of carbonyl (C=O) groups is 1. The molecule has 0 atom stereocenters. The van der Waals surface area contributed by atoms with Gasteiger partial charge in [0, 0.05) is 47.3 Å². The second-order valence-electron chi connectivity index (χ2n) is 8.76. The number of H-pyrrole nitrogens is 1. The smallest absolute Gasteiger partial charge is 0.342 e. The number of rotatable bonds is 6. The van der Waals surface area contributed by atoms with Gasteiger partial charge < -0.3 is 10.3 Å². The SMILES string of the molecule is Cc1cnc(-c2cc(NC(=O)c3ccc(C)c(N(c4cccnc4)c4ncccn4)c3)cc(C(F)(F)F)c2)[nH]1. The van der Waals surface area contributed by atoms with Gasteiger partial charge in [0.25, 0.3) is 5.91 Å². The van der Waals surface area contributed by atoms with Crippen LogP contribution in [-0.4, -0.2) is 30.8 Å². The summed E-state index contributed by atoms with van der Waals surface area (Å²) < 4.78 is 41.0. The van der Waals surface area contributed by atoms with Crippen LogP contribution in [0.25, 0.3) is 11.4 Å². The van der Waals surface area contributed by atoms with Crippen LogP contribution in [0.1, 0.15) is 27.2 Å². The standard InChI is InChI=1S/C28H22F3N7O/c1-17-6-7-19(13-24(17)38(23-5-3-8-32-16-23)27-33-9-4-10-34-27)26(39)37-22-12-20(25-35-15-18(2)36-25)11-21(14-22)28(29,30)31/h3-16H,1-2H3,(H,35,36)(H,37,39). The maximum absolute atomic E-state index is 13.7. The number of aromatic amines is 1. The second kappa shape index (κ2) is 10.4. The molecule has 0 fully saturated rings. The number of carbonyl (C=O) groups excluding carboxylic acids is 1. The van der Waals surface area contributed by atoms with Gasteiger partial charge in [0.15, 0.2) is 0 Å². The monoisotopic (exact) mass is 529 g/mol. The van der Waals surface area contributed by atoms with Crippen LogP contribution >= 0.6 is 0 Å². The fourth-order valence-electron chi connectivity index (χ4n) is 4.01. The molecule has 0 aliphatic rings. The molecule has 3 heterocycles. The van der Waals surface area contributed by atoms with E-state index in [9.17, 15) is 18.0 Å². The van der Waals surface area contributed by atoms with Gasteiger partial charge in [0.1, 0.15) is 5.82 Å². The number of hydrogen-bond donors (Lipinski definition) is 2. The highest BCUT2D eigenvalue weighted by Gasteiger charge is 2.32. The van der Waals surface area contributed by atoms with Crippen molar-refractivity contribution in [2.45, 2.75) is 20.0 Å². The fourth-order valence-corrected chi connectivity index (χ4v) is 4.01. The van der Waals surface area contributed by atoms with Gasteiger partial charge in [-0.25, -0.2) is 15.0 Å². The maximum atomic E-state index is 13.7. The quantitative estimate of drug-likeness (QED) is 0.257. The van der Waals surface area contributed by atoms with Gasteiger partial charge in [-0.2, -0.15) is 13.2 Å². The molecule has 11 heteroatoms. The average Bonchev–Trinajstić information content (AvgIpc) is 3.37. The lowest BCUT2D eigenvalue weighted by Gasteiger charge is -2.24. The summed E-state index contributed by atoms with van der Waals surface area (Å²) in [4.78, 5) is 35.0. The van der Waals surface area contributed by atoms with E-state index < -0.39 is 17.6 Å². The Morgan fingerprint density at radius 3 is 2.38 bits per heavy atom. The highest BCUT2D eigenvalue weighted by Crippen LogP contribution is 2.36. The minimum atomic E-state index is -4.62. The van der Waals surface area contributed by atoms with Crippen molar-refractivity contribution >= 4 is 28.9 Å². The number of hydrogen-bond acceptors (Lipinski definition) is 6. The first-order valence-electron chi connectivity index (χ1n) is 11.8. The lowest BCUT2D eigenvalue weighted by molar-refractivity contribution is -0.137. The number of imidazole rings is 1. The van der Waals surface area contributed by atoms with E-state index in [1.807, 2.05) is 13.0 Å². The van der Waals surface area contributed by atoms with E-state index in [2.05, 4.69) is 30.2 Å². The normalized spacial score (nSPS) is 11.3. The molecule has 39 heavy (non-hydrogen) atoms. The van der Waals surface area contributed by atoms with Gasteiger partial charge in [0.2, 0.25) is 5.95 Å². The summed E-state index contributed by atoms with van der Waals surface area (Å²) in [5.41, 5.74) is 2.29. The zero-order valence-electron chi connectivity index (χ0n) is 20.9. The molecule has 0 radical (unpaired) electrons. The molecule has 0 saturated carbocycles. The number of halogens is 3. The van der Waals surface area contributed by atoms with Crippen molar-refractivity contribution in [3.8, 4) is 11.4 Å². The molecular weight excluding hydrogens is 507 g/mol. The second-order valence-corrected chi connectivity index (χ2v) is 8.76. The van der Waals surface area contributed by atoms with Crippen molar-refractivity contribution in [3.63, 3.8) is 0 Å². The summed E-state index contributed by atoms with van der Waals surface area (Å²) in [5.74, 6) is 0.0429. The van der Waals surface area contributed by atoms with E-state index in [0.29, 0.717) is 23.0 Å². The van der Waals surface area contributed by atoms with Gasteiger partial charge in [0.05, 0.1) is 23.1 Å². The van der Waals surface area contributed by atoms with Crippen LogP contribution in [0.3, 0.4) is 0 Å². The molecular formula is C28H22F3N7O. The van der Waals surface area contributed by atoms with E-state index in [0.717, 1.165) is 17.7 Å². The summed E-state index contributed by atoms with van der Waals surface area (Å²) in [5, 5.41) is 2.61. The summed E-state index contributed by atoms with van der Waals surface area (Å²) in [6, 6.07) is 13.6. The summed E-state index contributed by atoms with van der Waals surface area (Å²) in [6.45, 7) is 3.62. The number of benzene rings is 2. The largest absolute Gasteiger partial charge is 0.416 e. The molecule has 0 aliphatic heterocycles. The number of anilines is 4. The van der Waals surface area contributed by atoms with E-state index >= 15 is 0 Å². The highest BCUT2D eigenvalue weighted by atomic mass is 19.4. The molecule has 5 aromatic rings. The van der Waals surface area contributed by atoms with Crippen molar-refractivity contribution in [1.29, 1.82) is 0 Å². The van der Waals surface area contributed by atoms with Gasteiger partial charge in [-0.05, 0) is 67.9 Å². The highest BCUT2D eigenvalue weighted by molar-refractivity contribution is 6.05. The molecule has 0 aliphatic carbocycles. The molecule has 2 aromatic carbocycles. The van der Waals surface area contributed by atoms with Gasteiger partial charge in [-0.15, -0.1) is 0 Å². The Morgan fingerprint density at radius 1 is 0.923 bits per heavy atom. The van der Waals surface area contributed by atoms with Crippen LogP contribution < -0.4 is 10.2 Å². The Labute approximate surface area is 221 Å². The van der Waals surface area contributed by atoms with Crippen LogP contribution in [-0.2, 0) is 6.18 Å². The van der Waals surface area contributed by atoms with Crippen molar-refractivity contribution in [1.82, 2.24) is 24.9 Å². The van der Waals surface area contributed by atoms with Crippen molar-refractivity contribution in [3.05, 3.63) is 108 Å². The Hall–Kier alpha value is -5.06. The van der Waals surface area contributed by atoms with E-state index in [4.69, 9.17) is 0 Å². The summed E-state index contributed by atoms with van der Waals surface area (Å²) >= 11 is 0. The predicted octanol–water partition coefficient (Wildman–Crippen LogP) is 6.62. The first-order chi connectivity index (χ1) is 18.7. The number of amides is 1. The number of alkyl halides is 3. The zero-order valence-corrected chi connectivity index (χ0v) is 20.9. The van der Waals surface area contributed by atoms with Crippen LogP contribution in [0, 0.1) is 13.8 Å². The topological polar surface area (TPSA) is 99.7 Å². The molecule has 3 aromatic heterocycles. The van der Waals surface area contributed by atoms with Crippen LogP contribution in [0.15, 0.2) is 85.6 Å². The first kappa shape index (κ1) is 25.6. The first-order valence-corrected chi connectivity index (χ1v) is 11.8. The van der Waals surface area contributed by atoms with Crippen molar-refractivity contribution in [2.24, 2.45) is 0 Å². The maximum Gasteiger partial charge on any atom is 0.416 e. The molecule has 2 N–H and O–H groups in total. The number of aryl methyl sites for hydroxylation is 2. The van der Waals surface area contributed by atoms with Gasteiger partial charge in [-0.3, -0.25) is 14.7 Å². The van der Waals surface area contributed by atoms with E-state index in [-0.39, 0.29) is 22.6 Å². The Balaban J connectivity index is 1.52. The van der Waals surface area contributed by atoms with Crippen molar-refractivity contribution in [2.75, 3.05) is 10.2 Å². The molecule has 0 spiro atoms. The minimum Gasteiger partial charge on any atom is -0.342 e. The molecule has 0 saturated heterocycles. The average molecular weight is 530 g/mol. The van der Waals surface area contributed by atoms with E-state index in [1.54, 1.807) is 66.9 Å². The molecule has 0 bridgehead atoms. The molecule has 5 rings (SSSR count). The van der Waals surface area contributed by atoms with Crippen LogP contribution in [0.4, 0.5) is 36.2 Å². The fraction of sp³-hybridized carbons (Fsp3) is 0.107. The zero-order chi connectivity index (χ0) is 27.6. The molecule has 196 valence electrons. The molecule has 1 amide bonds. The lowest BCUT2D eigenvalue weighted by atomic mass is 10.1. The van der Waals surface area contributed by atoms with E-state index in [1.165, 1.54) is 12.3 Å². The molecule has 0 unspecified atom stereocenters. The summed E-state index contributed by atoms with van der Waals surface area (Å²) in [7, 11) is 0. The van der Waals surface area contributed by atoms with Crippen LogP contribution in [0.2, 0.25) is 0 Å². The third-order valence-corrected chi connectivity index (χ3v) is 5.86. The Morgan fingerprint density at radius 2 is 1.72 bits per heavy atom. The van der Waals surface area contributed by atoms with Crippen molar-refractivity contribution < 1.29 is 18.0 Å². The number of pyridine rings is 1. The van der Waals surface area contributed by atoms with Gasteiger partial charge in [-0.1, -0.05) is 6.07 Å². The van der Waals surface area contributed by atoms with Gasteiger partial charge >= 0.3 is 6.18 Å². The minimum absolute atomic E-state index is 0.0171. The Kier molecular flexibility index (Phi) is 6.80. The lowest BCUT2D eigenvalue weighted by Crippen LogP contribution is -2.17. The number of nitrogens with zero attached hydrogens (tertiary/aromatic N) is 5. The predicted molar refractivity (Wildman–Crippen MR) is 141 cm³/mol. The third kappa shape index (κ3) is 5.61. The number of nitrogens with one attached hydrogen (secondary N) is 2. The van der Waals surface area contributed by atoms with Crippen LogP contribution in [0.5, 0.6) is 0 Å². The Bertz CT molecular complexity index is 1580. The third-order valence-electron chi connectivity index (χ3n) is 5.86. The summed E-state index contributed by atoms with van der Waals surface area (Å²) in [6.07, 6.45) is 3.38. The number of aromatic nitrogens is 5. The molecule has 8 nitrogen and oxygen atoms in total.